The first-order chi connectivity index (χ1) is 11.0. The lowest BCUT2D eigenvalue weighted by atomic mass is 9.99. The molecule has 0 aliphatic carbocycles. The smallest absolute Gasteiger partial charge is 0.236 e. The van der Waals surface area contributed by atoms with Gasteiger partial charge in [-0.2, -0.15) is 4.31 Å². The molecule has 0 radical (unpaired) electrons. The minimum absolute atomic E-state index is 0.433. The van der Waals surface area contributed by atoms with Gasteiger partial charge in [-0.1, -0.05) is 35.9 Å². The number of benzene rings is 1. The molecular formula is C18H25NO3S. The Hall–Kier alpha value is -1.43. The third-order valence-corrected chi connectivity index (χ3v) is 5.60. The highest BCUT2D eigenvalue weighted by Gasteiger charge is 2.26. The van der Waals surface area contributed by atoms with E-state index in [1.165, 1.54) is 5.41 Å². The molecule has 1 aliphatic rings. The molecule has 0 aromatic heterocycles. The monoisotopic (exact) mass is 335 g/mol. The lowest BCUT2D eigenvalue weighted by Gasteiger charge is -2.30. The molecule has 0 bridgehead atoms. The van der Waals surface area contributed by atoms with Crippen LogP contribution in [0.4, 0.5) is 0 Å². The summed E-state index contributed by atoms with van der Waals surface area (Å²) >= 11 is 0. The molecule has 1 heterocycles. The molecule has 0 saturated carbocycles. The number of hydrogen-bond acceptors (Lipinski definition) is 3. The van der Waals surface area contributed by atoms with Crippen LogP contribution in [0.15, 0.2) is 42.3 Å². The van der Waals surface area contributed by atoms with Crippen molar-refractivity contribution in [2.75, 3.05) is 26.3 Å². The molecule has 1 aromatic carbocycles. The second kappa shape index (κ2) is 8.43. The summed E-state index contributed by atoms with van der Waals surface area (Å²) in [4.78, 5) is 0. The summed E-state index contributed by atoms with van der Waals surface area (Å²) in [5.74, 6) is 0.433. The molecule has 0 unspecified atom stereocenters. The SMILES string of the molecule is C=CCOCC1CCN(S(=O)(=O)/C=C/c2ccc(C)cc2)CC1. The number of rotatable bonds is 7. The first-order valence-corrected chi connectivity index (χ1v) is 9.45. The standard InChI is InChI=1S/C18H25NO3S/c1-3-13-22-15-18-8-11-19(12-9-18)23(20,21)14-10-17-6-4-16(2)5-7-17/h3-7,10,14,18H,1,8-9,11-13,15H2,2H3/b14-10+. The van der Waals surface area contributed by atoms with Crippen molar-refractivity contribution in [3.05, 3.63) is 53.5 Å². The normalized spacial score (nSPS) is 17.6. The third kappa shape index (κ3) is 5.61. The number of ether oxygens (including phenoxy) is 1. The van der Waals surface area contributed by atoms with Gasteiger partial charge in [0.25, 0.3) is 0 Å². The van der Waals surface area contributed by atoms with Crippen molar-refractivity contribution in [3.8, 4) is 0 Å². The summed E-state index contributed by atoms with van der Waals surface area (Å²) in [5, 5.41) is 1.31. The molecule has 1 fully saturated rings. The van der Waals surface area contributed by atoms with Crippen LogP contribution < -0.4 is 0 Å². The molecule has 126 valence electrons. The van der Waals surface area contributed by atoms with Gasteiger partial charge in [0.15, 0.2) is 0 Å². The molecule has 1 saturated heterocycles. The highest BCUT2D eigenvalue weighted by atomic mass is 32.2. The number of aryl methyl sites for hydroxylation is 1. The maximum atomic E-state index is 12.4. The largest absolute Gasteiger partial charge is 0.377 e. The zero-order valence-corrected chi connectivity index (χ0v) is 14.5. The van der Waals surface area contributed by atoms with Crippen molar-refractivity contribution >= 4 is 16.1 Å². The first kappa shape index (κ1) is 17.9. The fourth-order valence-electron chi connectivity index (χ4n) is 2.58. The molecule has 4 nitrogen and oxygen atoms in total. The van der Waals surface area contributed by atoms with Crippen molar-refractivity contribution < 1.29 is 13.2 Å². The average Bonchev–Trinajstić information content (AvgIpc) is 2.55. The number of hydrogen-bond donors (Lipinski definition) is 0. The van der Waals surface area contributed by atoms with E-state index < -0.39 is 10.0 Å². The molecule has 0 amide bonds. The summed E-state index contributed by atoms with van der Waals surface area (Å²) in [7, 11) is -3.34. The molecule has 0 N–H and O–H groups in total. The molecule has 1 aromatic rings. The Morgan fingerprint density at radius 2 is 1.91 bits per heavy atom. The topological polar surface area (TPSA) is 46.6 Å². The molecule has 5 heteroatoms. The number of piperidine rings is 1. The Morgan fingerprint density at radius 1 is 1.26 bits per heavy atom. The Morgan fingerprint density at radius 3 is 2.52 bits per heavy atom. The van der Waals surface area contributed by atoms with Gasteiger partial charge in [0.2, 0.25) is 10.0 Å². The van der Waals surface area contributed by atoms with Crippen LogP contribution in [0.1, 0.15) is 24.0 Å². The van der Waals surface area contributed by atoms with Gasteiger partial charge >= 0.3 is 0 Å². The Kier molecular flexibility index (Phi) is 6.57. The lowest BCUT2D eigenvalue weighted by molar-refractivity contribution is 0.0984. The Bertz CT molecular complexity index is 627. The second-order valence-electron chi connectivity index (χ2n) is 5.93. The van der Waals surface area contributed by atoms with Crippen LogP contribution in [0.3, 0.4) is 0 Å². The van der Waals surface area contributed by atoms with Crippen LogP contribution in [-0.4, -0.2) is 39.0 Å². The third-order valence-electron chi connectivity index (χ3n) is 4.03. The van der Waals surface area contributed by atoms with E-state index in [-0.39, 0.29) is 0 Å². The van der Waals surface area contributed by atoms with Crippen LogP contribution >= 0.6 is 0 Å². The van der Waals surface area contributed by atoms with E-state index in [1.807, 2.05) is 31.2 Å². The van der Waals surface area contributed by atoms with Crippen LogP contribution in [0.5, 0.6) is 0 Å². The van der Waals surface area contributed by atoms with Crippen molar-refractivity contribution in [1.82, 2.24) is 4.31 Å². The number of sulfonamides is 1. The van der Waals surface area contributed by atoms with Gasteiger partial charge in [-0.25, -0.2) is 8.42 Å². The van der Waals surface area contributed by atoms with Crippen LogP contribution in [0.25, 0.3) is 6.08 Å². The van der Waals surface area contributed by atoms with E-state index in [2.05, 4.69) is 6.58 Å². The van der Waals surface area contributed by atoms with Crippen molar-refractivity contribution in [3.63, 3.8) is 0 Å². The van der Waals surface area contributed by atoms with Crippen LogP contribution in [0.2, 0.25) is 0 Å². The average molecular weight is 335 g/mol. The van der Waals surface area contributed by atoms with E-state index in [9.17, 15) is 8.42 Å². The lowest BCUT2D eigenvalue weighted by Crippen LogP contribution is -2.38. The summed E-state index contributed by atoms with van der Waals surface area (Å²) in [6, 6.07) is 7.79. The van der Waals surface area contributed by atoms with Gasteiger partial charge in [0, 0.05) is 25.1 Å². The fraction of sp³-hybridized carbons (Fsp3) is 0.444. The van der Waals surface area contributed by atoms with E-state index in [4.69, 9.17) is 4.74 Å². The van der Waals surface area contributed by atoms with Crippen molar-refractivity contribution in [1.29, 1.82) is 0 Å². The van der Waals surface area contributed by atoms with Crippen LogP contribution in [-0.2, 0) is 14.8 Å². The number of nitrogens with zero attached hydrogens (tertiary/aromatic N) is 1. The quantitative estimate of drug-likeness (QED) is 0.568. The molecule has 2 rings (SSSR count). The highest BCUT2D eigenvalue weighted by molar-refractivity contribution is 7.92. The second-order valence-corrected chi connectivity index (χ2v) is 7.75. The van der Waals surface area contributed by atoms with E-state index >= 15 is 0 Å². The van der Waals surface area contributed by atoms with E-state index in [0.717, 1.165) is 24.0 Å². The first-order valence-electron chi connectivity index (χ1n) is 7.95. The zero-order valence-electron chi connectivity index (χ0n) is 13.6. The summed E-state index contributed by atoms with van der Waals surface area (Å²) in [6.07, 6.45) is 5.08. The molecule has 0 spiro atoms. The zero-order chi connectivity index (χ0) is 16.7. The van der Waals surface area contributed by atoms with Crippen molar-refractivity contribution in [2.24, 2.45) is 5.92 Å². The van der Waals surface area contributed by atoms with Gasteiger partial charge in [-0.15, -0.1) is 6.58 Å². The van der Waals surface area contributed by atoms with Gasteiger partial charge in [-0.05, 0) is 37.3 Å². The predicted molar refractivity (Wildman–Crippen MR) is 94.4 cm³/mol. The Balaban J connectivity index is 1.88. The maximum absolute atomic E-state index is 12.4. The van der Waals surface area contributed by atoms with Gasteiger partial charge in [0.1, 0.15) is 0 Å². The van der Waals surface area contributed by atoms with Crippen molar-refractivity contribution in [2.45, 2.75) is 19.8 Å². The molecular weight excluding hydrogens is 310 g/mol. The van der Waals surface area contributed by atoms with Crippen LogP contribution in [0, 0.1) is 12.8 Å². The fourth-order valence-corrected chi connectivity index (χ4v) is 3.80. The van der Waals surface area contributed by atoms with Gasteiger partial charge in [-0.3, -0.25) is 0 Å². The summed E-state index contributed by atoms with van der Waals surface area (Å²) in [6.45, 7) is 7.97. The minimum atomic E-state index is -3.34. The highest BCUT2D eigenvalue weighted by Crippen LogP contribution is 2.21. The predicted octanol–water partition coefficient (Wildman–Crippen LogP) is 3.21. The summed E-state index contributed by atoms with van der Waals surface area (Å²) < 4.78 is 31.8. The molecule has 23 heavy (non-hydrogen) atoms. The minimum Gasteiger partial charge on any atom is -0.377 e. The van der Waals surface area contributed by atoms with Gasteiger partial charge < -0.3 is 4.74 Å². The van der Waals surface area contributed by atoms with E-state index in [1.54, 1.807) is 16.5 Å². The Labute approximate surface area is 139 Å². The maximum Gasteiger partial charge on any atom is 0.236 e. The van der Waals surface area contributed by atoms with E-state index in [0.29, 0.717) is 32.2 Å². The summed E-state index contributed by atoms with van der Waals surface area (Å²) in [5.41, 5.74) is 2.05. The van der Waals surface area contributed by atoms with Gasteiger partial charge in [0.05, 0.1) is 6.61 Å². The molecule has 1 aliphatic heterocycles. The molecule has 0 atom stereocenters.